The van der Waals surface area contributed by atoms with Gasteiger partial charge in [-0.25, -0.2) is 9.59 Å². The number of nitrogens with one attached hydrogen (secondary N) is 2. The van der Waals surface area contributed by atoms with Gasteiger partial charge in [0.2, 0.25) is 0 Å². The van der Waals surface area contributed by atoms with Crippen LogP contribution in [-0.2, 0) is 4.79 Å². The molecule has 124 valence electrons. The summed E-state index contributed by atoms with van der Waals surface area (Å²) < 4.78 is 0. The van der Waals surface area contributed by atoms with Crippen LogP contribution >= 0.6 is 0 Å². The lowest BCUT2D eigenvalue weighted by molar-refractivity contribution is -0.139. The first-order chi connectivity index (χ1) is 10.1. The van der Waals surface area contributed by atoms with Gasteiger partial charge in [0.15, 0.2) is 0 Å². The lowest BCUT2D eigenvalue weighted by Gasteiger charge is -2.14. The second kappa shape index (κ2) is 13.7. The molecule has 0 aromatic rings. The Hall–Kier alpha value is -1.26. The van der Waals surface area contributed by atoms with Crippen LogP contribution in [0.5, 0.6) is 0 Å². The number of carboxylic acids is 1. The van der Waals surface area contributed by atoms with E-state index in [4.69, 9.17) is 5.11 Å². The van der Waals surface area contributed by atoms with E-state index in [1.807, 2.05) is 6.92 Å². The van der Waals surface area contributed by atoms with Crippen molar-refractivity contribution in [3.63, 3.8) is 0 Å². The maximum atomic E-state index is 11.6. The number of amides is 2. The number of hydrogen-bond acceptors (Lipinski definition) is 2. The topological polar surface area (TPSA) is 78.4 Å². The summed E-state index contributed by atoms with van der Waals surface area (Å²) in [5, 5.41) is 14.2. The molecule has 1 atom stereocenters. The largest absolute Gasteiger partial charge is 0.480 e. The predicted molar refractivity (Wildman–Crippen MR) is 85.5 cm³/mol. The predicted octanol–water partition coefficient (Wildman–Crippen LogP) is 3.68. The molecule has 0 bridgehead atoms. The number of carbonyl (C=O) groups excluding carboxylic acids is 1. The van der Waals surface area contributed by atoms with Gasteiger partial charge >= 0.3 is 12.0 Å². The number of carboxylic acid groups (broad SMARTS) is 1. The van der Waals surface area contributed by atoms with Crippen LogP contribution in [0.1, 0.15) is 78.1 Å². The summed E-state index contributed by atoms with van der Waals surface area (Å²) in [7, 11) is 0. The molecule has 0 radical (unpaired) electrons. The van der Waals surface area contributed by atoms with Crippen molar-refractivity contribution in [2.24, 2.45) is 0 Å². The van der Waals surface area contributed by atoms with Crippen LogP contribution in [0, 0.1) is 0 Å². The molecular weight excluding hydrogens is 268 g/mol. The third-order valence-electron chi connectivity index (χ3n) is 3.50. The van der Waals surface area contributed by atoms with E-state index >= 15 is 0 Å². The highest BCUT2D eigenvalue weighted by Crippen LogP contribution is 2.07. The lowest BCUT2D eigenvalue weighted by Crippen LogP contribution is -2.46. The van der Waals surface area contributed by atoms with E-state index < -0.39 is 12.0 Å². The van der Waals surface area contributed by atoms with Crippen molar-refractivity contribution in [3.8, 4) is 0 Å². The molecule has 3 N–H and O–H groups in total. The molecule has 21 heavy (non-hydrogen) atoms. The van der Waals surface area contributed by atoms with E-state index in [0.717, 1.165) is 19.3 Å². The second-order valence-electron chi connectivity index (χ2n) is 5.55. The van der Waals surface area contributed by atoms with Crippen LogP contribution in [0.2, 0.25) is 0 Å². The fraction of sp³-hybridized carbons (Fsp3) is 0.875. The quantitative estimate of drug-likeness (QED) is 0.454. The Bertz CT molecular complexity index is 283. The molecule has 0 aliphatic heterocycles. The molecule has 5 nitrogen and oxygen atoms in total. The highest BCUT2D eigenvalue weighted by Gasteiger charge is 2.18. The molecule has 2 amide bonds. The number of urea groups is 1. The van der Waals surface area contributed by atoms with Gasteiger partial charge in [-0.3, -0.25) is 0 Å². The van der Waals surface area contributed by atoms with Gasteiger partial charge in [0.05, 0.1) is 0 Å². The first kappa shape index (κ1) is 19.7. The third-order valence-corrected chi connectivity index (χ3v) is 3.50. The monoisotopic (exact) mass is 300 g/mol. The van der Waals surface area contributed by atoms with E-state index in [0.29, 0.717) is 13.0 Å². The summed E-state index contributed by atoms with van der Waals surface area (Å²) in [6.45, 7) is 4.72. The maximum Gasteiger partial charge on any atom is 0.326 e. The summed E-state index contributed by atoms with van der Waals surface area (Å²) in [6, 6.07) is -1.16. The molecule has 0 rings (SSSR count). The zero-order chi connectivity index (χ0) is 15.9. The maximum absolute atomic E-state index is 11.6. The van der Waals surface area contributed by atoms with Crippen LogP contribution in [0.3, 0.4) is 0 Å². The zero-order valence-electron chi connectivity index (χ0n) is 13.6. The fourth-order valence-electron chi connectivity index (χ4n) is 2.22. The van der Waals surface area contributed by atoms with E-state index in [2.05, 4.69) is 17.6 Å². The molecule has 0 aromatic carbocycles. The Morgan fingerprint density at radius 1 is 0.905 bits per heavy atom. The summed E-state index contributed by atoms with van der Waals surface area (Å²) >= 11 is 0. The third kappa shape index (κ3) is 12.2. The van der Waals surface area contributed by atoms with Crippen molar-refractivity contribution in [1.29, 1.82) is 0 Å². The molecule has 0 unspecified atom stereocenters. The van der Waals surface area contributed by atoms with Crippen molar-refractivity contribution < 1.29 is 14.7 Å². The van der Waals surface area contributed by atoms with E-state index in [1.54, 1.807) is 0 Å². The Morgan fingerprint density at radius 3 is 2.00 bits per heavy atom. The molecule has 0 heterocycles. The van der Waals surface area contributed by atoms with Crippen molar-refractivity contribution >= 4 is 12.0 Å². The number of unbranched alkanes of at least 4 members (excludes halogenated alkanes) is 7. The zero-order valence-corrected chi connectivity index (χ0v) is 13.6. The number of hydrogen-bond donors (Lipinski definition) is 3. The van der Waals surface area contributed by atoms with Crippen LogP contribution in [0.4, 0.5) is 4.79 Å². The van der Waals surface area contributed by atoms with Crippen LogP contribution in [-0.4, -0.2) is 29.7 Å². The highest BCUT2D eigenvalue weighted by atomic mass is 16.4. The number of carbonyl (C=O) groups is 2. The molecule has 5 heteroatoms. The Morgan fingerprint density at radius 2 is 1.48 bits per heavy atom. The van der Waals surface area contributed by atoms with Crippen molar-refractivity contribution in [2.45, 2.75) is 84.1 Å². The summed E-state index contributed by atoms with van der Waals surface area (Å²) in [5.74, 6) is -0.973. The number of aliphatic carboxylic acids is 1. The number of rotatable bonds is 13. The van der Waals surface area contributed by atoms with E-state index in [9.17, 15) is 9.59 Å². The average molecular weight is 300 g/mol. The lowest BCUT2D eigenvalue weighted by atomic mass is 10.1. The molecule has 0 saturated heterocycles. The molecule has 0 aliphatic rings. The Labute approximate surface area is 128 Å². The Balaban J connectivity index is 3.50. The van der Waals surface area contributed by atoms with Crippen molar-refractivity contribution in [2.75, 3.05) is 6.54 Å². The minimum atomic E-state index is -0.973. The summed E-state index contributed by atoms with van der Waals surface area (Å²) in [5.41, 5.74) is 0. The first-order valence-electron chi connectivity index (χ1n) is 8.39. The standard InChI is InChI=1S/C16H32N2O3/c1-3-5-6-7-8-9-10-11-13-17-16(21)18-14(12-4-2)15(19)20/h14H,3-13H2,1-2H3,(H,19,20)(H2,17,18,21)/t14-/m0/s1. The van der Waals surface area contributed by atoms with E-state index in [1.165, 1.54) is 38.5 Å². The molecule has 0 aliphatic carbocycles. The molecule has 0 fully saturated rings. The van der Waals surface area contributed by atoms with Gasteiger partial charge in [0, 0.05) is 6.54 Å². The van der Waals surface area contributed by atoms with Gasteiger partial charge in [-0.2, -0.15) is 0 Å². The van der Waals surface area contributed by atoms with Crippen LogP contribution < -0.4 is 10.6 Å². The van der Waals surface area contributed by atoms with Crippen molar-refractivity contribution in [3.05, 3.63) is 0 Å². The van der Waals surface area contributed by atoms with Crippen LogP contribution in [0.25, 0.3) is 0 Å². The highest BCUT2D eigenvalue weighted by molar-refractivity contribution is 5.82. The SMILES string of the molecule is CCCCCCCCCCNC(=O)N[C@@H](CCC)C(=O)O. The van der Waals surface area contributed by atoms with Gasteiger partial charge in [-0.1, -0.05) is 65.2 Å². The molecule has 0 saturated carbocycles. The smallest absolute Gasteiger partial charge is 0.326 e. The van der Waals surface area contributed by atoms with Crippen molar-refractivity contribution in [1.82, 2.24) is 10.6 Å². The van der Waals surface area contributed by atoms with Crippen LogP contribution in [0.15, 0.2) is 0 Å². The summed E-state index contributed by atoms with van der Waals surface area (Å²) in [4.78, 5) is 22.5. The fourth-order valence-corrected chi connectivity index (χ4v) is 2.22. The molecular formula is C16H32N2O3. The molecule has 0 spiro atoms. The van der Waals surface area contributed by atoms with Gasteiger partial charge in [0.1, 0.15) is 6.04 Å². The van der Waals surface area contributed by atoms with E-state index in [-0.39, 0.29) is 6.03 Å². The van der Waals surface area contributed by atoms with Gasteiger partial charge in [-0.05, 0) is 12.8 Å². The van der Waals surface area contributed by atoms with Gasteiger partial charge < -0.3 is 15.7 Å². The first-order valence-corrected chi connectivity index (χ1v) is 8.39. The molecule has 0 aromatic heterocycles. The van der Waals surface area contributed by atoms with Gasteiger partial charge in [-0.15, -0.1) is 0 Å². The second-order valence-corrected chi connectivity index (χ2v) is 5.55. The minimum absolute atomic E-state index is 0.376. The average Bonchev–Trinajstić information content (AvgIpc) is 2.45. The van der Waals surface area contributed by atoms with Gasteiger partial charge in [0.25, 0.3) is 0 Å². The minimum Gasteiger partial charge on any atom is -0.480 e. The normalized spacial score (nSPS) is 11.9. The summed E-state index contributed by atoms with van der Waals surface area (Å²) in [6.07, 6.45) is 11.0. The Kier molecular flexibility index (Phi) is 12.9.